The van der Waals surface area contributed by atoms with Crippen molar-refractivity contribution in [1.82, 2.24) is 4.98 Å². The molecule has 0 amide bonds. The van der Waals surface area contributed by atoms with Gasteiger partial charge in [-0.2, -0.15) is 8.42 Å². The summed E-state index contributed by atoms with van der Waals surface area (Å²) in [6.07, 6.45) is 2.25. The summed E-state index contributed by atoms with van der Waals surface area (Å²) in [5, 5.41) is 8.87. The zero-order chi connectivity index (χ0) is 24.3. The molecule has 4 aromatic rings. The van der Waals surface area contributed by atoms with Crippen LogP contribution in [0, 0.1) is 5.82 Å². The van der Waals surface area contributed by atoms with E-state index >= 15 is 0 Å². The molecule has 0 radical (unpaired) electrons. The third-order valence-corrected chi connectivity index (χ3v) is 5.90. The fraction of sp³-hybridized carbons (Fsp3) is 0.125. The van der Waals surface area contributed by atoms with E-state index < -0.39 is 15.9 Å². The van der Waals surface area contributed by atoms with Crippen molar-refractivity contribution in [1.29, 1.82) is 0 Å². The molecule has 0 spiro atoms. The number of fused-ring (bicyclic) bond motifs is 1. The number of anilines is 1. The summed E-state index contributed by atoms with van der Waals surface area (Å²) < 4.78 is 52.9. The number of hydrogen-bond acceptors (Lipinski definition) is 7. The summed E-state index contributed by atoms with van der Waals surface area (Å²) in [5.41, 5.74) is 7.82. The van der Waals surface area contributed by atoms with Gasteiger partial charge in [-0.3, -0.25) is 9.54 Å². The molecule has 0 bridgehead atoms. The van der Waals surface area contributed by atoms with Gasteiger partial charge in [0, 0.05) is 16.3 Å². The molecule has 11 heteroatoms. The Hall–Kier alpha value is -2.89. The van der Waals surface area contributed by atoms with Gasteiger partial charge in [0.2, 0.25) is 0 Å². The van der Waals surface area contributed by atoms with Gasteiger partial charge in [-0.25, -0.2) is 4.39 Å². The first-order valence-corrected chi connectivity index (χ1v) is 11.8. The monoisotopic (exact) mass is 504 g/mol. The van der Waals surface area contributed by atoms with Crippen LogP contribution in [0.5, 0.6) is 5.75 Å². The third-order valence-electron chi connectivity index (χ3n) is 5.00. The Morgan fingerprint density at radius 1 is 1.06 bits per heavy atom. The molecule has 0 fully saturated rings. The van der Waals surface area contributed by atoms with Gasteiger partial charge < -0.3 is 10.5 Å². The Balaban J connectivity index is 0.00000342. The van der Waals surface area contributed by atoms with E-state index in [1.807, 2.05) is 6.92 Å². The van der Waals surface area contributed by atoms with Crippen molar-refractivity contribution in [2.24, 2.45) is 10.2 Å². The molecule has 0 aliphatic carbocycles. The van der Waals surface area contributed by atoms with Gasteiger partial charge >= 0.3 is 29.6 Å². The fourth-order valence-electron chi connectivity index (χ4n) is 3.40. The van der Waals surface area contributed by atoms with Gasteiger partial charge in [0.25, 0.3) is 10.1 Å². The van der Waals surface area contributed by atoms with Crippen LogP contribution in [0.25, 0.3) is 22.0 Å². The summed E-state index contributed by atoms with van der Waals surface area (Å²) in [6, 6.07) is 15.2. The topological polar surface area (TPSA) is 127 Å². The van der Waals surface area contributed by atoms with Gasteiger partial charge in [-0.1, -0.05) is 31.2 Å². The average molecular weight is 505 g/mol. The Labute approximate surface area is 224 Å². The summed E-state index contributed by atoms with van der Waals surface area (Å²) >= 11 is 0. The number of nitrogens with zero attached hydrogens (tertiary/aromatic N) is 3. The number of pyridine rings is 1. The van der Waals surface area contributed by atoms with E-state index in [4.69, 9.17) is 10.5 Å². The third kappa shape index (κ3) is 6.03. The van der Waals surface area contributed by atoms with E-state index in [1.165, 1.54) is 24.4 Å². The van der Waals surface area contributed by atoms with Crippen molar-refractivity contribution < 1.29 is 22.1 Å². The van der Waals surface area contributed by atoms with Crippen LogP contribution < -0.4 is 10.5 Å². The molecule has 35 heavy (non-hydrogen) atoms. The quantitative estimate of drug-likeness (QED) is 0.150. The normalized spacial score (nSPS) is 11.5. The summed E-state index contributed by atoms with van der Waals surface area (Å²) in [5.74, 6) is 0.109. The maximum atomic E-state index is 13.8. The molecular weight excluding hydrogens is 482 g/mol. The first kappa shape index (κ1) is 26.7. The molecule has 3 aromatic carbocycles. The van der Waals surface area contributed by atoms with Crippen molar-refractivity contribution in [3.8, 4) is 17.0 Å². The van der Waals surface area contributed by atoms with Gasteiger partial charge in [0.05, 0.1) is 24.2 Å². The number of benzene rings is 3. The first-order valence-electron chi connectivity index (χ1n) is 10.4. The van der Waals surface area contributed by atoms with E-state index in [0.717, 1.165) is 6.42 Å². The average Bonchev–Trinajstić information content (AvgIpc) is 2.82. The zero-order valence-corrected chi connectivity index (χ0v) is 19.0. The van der Waals surface area contributed by atoms with E-state index in [9.17, 15) is 17.4 Å². The molecular formula is C24H22FN4NaO4S. The molecule has 8 nitrogen and oxygen atoms in total. The predicted molar refractivity (Wildman–Crippen MR) is 135 cm³/mol. The SMILES string of the molecule is CCCOc1ccc(F)cc1-c1ccc(N=Nc2cc(S(=O)(=O)O)c3ccccc3c2N)cn1.[NaH]. The second kappa shape index (κ2) is 11.2. The number of azo groups is 1. The van der Waals surface area contributed by atoms with Gasteiger partial charge in [0.1, 0.15) is 27.8 Å². The molecule has 1 aromatic heterocycles. The second-order valence-corrected chi connectivity index (χ2v) is 8.81. The molecule has 0 saturated heterocycles. The number of nitrogen functional groups attached to an aromatic ring is 1. The minimum atomic E-state index is -4.51. The van der Waals surface area contributed by atoms with E-state index in [-0.39, 0.29) is 51.2 Å². The van der Waals surface area contributed by atoms with Crippen LogP contribution in [-0.2, 0) is 10.1 Å². The zero-order valence-electron chi connectivity index (χ0n) is 18.1. The summed E-state index contributed by atoms with van der Waals surface area (Å²) in [4.78, 5) is 4.02. The molecule has 1 heterocycles. The van der Waals surface area contributed by atoms with Gasteiger partial charge in [0.15, 0.2) is 0 Å². The fourth-order valence-corrected chi connectivity index (χ4v) is 4.12. The Morgan fingerprint density at radius 3 is 2.46 bits per heavy atom. The number of aromatic nitrogens is 1. The van der Waals surface area contributed by atoms with E-state index in [1.54, 1.807) is 42.5 Å². The molecule has 0 aliphatic heterocycles. The van der Waals surface area contributed by atoms with Crippen molar-refractivity contribution in [3.05, 3.63) is 72.7 Å². The minimum absolute atomic E-state index is 0. The van der Waals surface area contributed by atoms with E-state index in [2.05, 4.69) is 15.2 Å². The van der Waals surface area contributed by atoms with Crippen LogP contribution in [0.15, 0.2) is 82.0 Å². The molecule has 0 aliphatic rings. The number of rotatable bonds is 7. The van der Waals surface area contributed by atoms with Crippen LogP contribution in [0.4, 0.5) is 21.5 Å². The molecule has 0 unspecified atom stereocenters. The predicted octanol–water partition coefficient (Wildman–Crippen LogP) is 5.43. The molecule has 0 atom stereocenters. The summed E-state index contributed by atoms with van der Waals surface area (Å²) in [7, 11) is -4.51. The number of hydrogen-bond donors (Lipinski definition) is 2. The number of ether oxygens (including phenoxy) is 1. The second-order valence-electron chi connectivity index (χ2n) is 7.42. The van der Waals surface area contributed by atoms with Crippen molar-refractivity contribution in [2.75, 3.05) is 12.3 Å². The van der Waals surface area contributed by atoms with Crippen molar-refractivity contribution >= 4 is 67.5 Å². The van der Waals surface area contributed by atoms with E-state index in [0.29, 0.717) is 34.7 Å². The Kier molecular flexibility index (Phi) is 8.57. The number of halogens is 1. The number of nitrogens with two attached hydrogens (primary N) is 1. The Morgan fingerprint density at radius 2 is 1.80 bits per heavy atom. The molecule has 0 saturated carbocycles. The standard InChI is InChI=1S/C24H21FN4O4S.Na.H/c1-2-11-33-22-10-7-15(25)12-19(22)20-9-8-16(14-27-20)28-29-21-13-23(34(30,31)32)17-5-3-4-6-18(17)24(21)26;;/h3-10,12-14H,2,11,26H2,1H3,(H,30,31,32);;. The van der Waals surface area contributed by atoms with Crippen LogP contribution in [0.3, 0.4) is 0 Å². The van der Waals surface area contributed by atoms with Crippen LogP contribution in [0.2, 0.25) is 0 Å². The van der Waals surface area contributed by atoms with Gasteiger partial charge in [-0.05, 0) is 42.8 Å². The van der Waals surface area contributed by atoms with Crippen LogP contribution in [-0.4, -0.2) is 54.1 Å². The van der Waals surface area contributed by atoms with Gasteiger partial charge in [-0.15, -0.1) is 10.2 Å². The first-order chi connectivity index (χ1) is 16.3. The summed E-state index contributed by atoms with van der Waals surface area (Å²) in [6.45, 7) is 2.46. The maximum absolute atomic E-state index is 13.8. The van der Waals surface area contributed by atoms with Crippen molar-refractivity contribution in [2.45, 2.75) is 18.2 Å². The van der Waals surface area contributed by atoms with Crippen LogP contribution >= 0.6 is 0 Å². The Bertz CT molecular complexity index is 1500. The van der Waals surface area contributed by atoms with Crippen molar-refractivity contribution in [3.63, 3.8) is 0 Å². The molecule has 3 N–H and O–H groups in total. The van der Waals surface area contributed by atoms with Crippen LogP contribution in [0.1, 0.15) is 13.3 Å². The molecule has 4 rings (SSSR count). The molecule has 176 valence electrons.